The molecule has 0 atom stereocenters. The van der Waals surface area contributed by atoms with Gasteiger partial charge in [0.25, 0.3) is 5.56 Å². The average molecular weight is 224 g/mol. The minimum Gasteiger partial charge on any atom is -0.279 e. The summed E-state index contributed by atoms with van der Waals surface area (Å²) in [4.78, 5) is 31.1. The van der Waals surface area contributed by atoms with E-state index in [-0.39, 0.29) is 11.2 Å². The van der Waals surface area contributed by atoms with Crippen molar-refractivity contribution < 1.29 is 0 Å². The Morgan fingerprint density at radius 2 is 1.93 bits per heavy atom. The highest BCUT2D eigenvalue weighted by Crippen LogP contribution is 2.04. The van der Waals surface area contributed by atoms with Gasteiger partial charge in [0, 0.05) is 14.1 Å². The topological polar surface area (TPSA) is 69.8 Å². The summed E-state index contributed by atoms with van der Waals surface area (Å²) in [6.45, 7) is 0. The lowest BCUT2D eigenvalue weighted by atomic mass is 10.5. The van der Waals surface area contributed by atoms with Gasteiger partial charge >= 0.3 is 5.69 Å². The summed E-state index contributed by atoms with van der Waals surface area (Å²) in [6, 6.07) is 0. The second-order valence-electron chi connectivity index (χ2n) is 3.11. The highest BCUT2D eigenvalue weighted by atomic mass is 32.1. The molecule has 0 N–H and O–H groups in total. The Hall–Kier alpha value is -1.63. The molecule has 0 aromatic carbocycles. The van der Waals surface area contributed by atoms with Crippen LogP contribution in [0.3, 0.4) is 0 Å². The van der Waals surface area contributed by atoms with E-state index < -0.39 is 11.2 Å². The Balaban J connectivity index is 3.15. The number of fused-ring (bicyclic) bond motifs is 1. The zero-order valence-electron chi connectivity index (χ0n) is 8.13. The van der Waals surface area contributed by atoms with E-state index in [9.17, 15) is 9.59 Å². The maximum absolute atomic E-state index is 11.6. The monoisotopic (exact) mass is 224 g/mol. The van der Waals surface area contributed by atoms with Crippen LogP contribution in [0.2, 0.25) is 0 Å². The van der Waals surface area contributed by atoms with Gasteiger partial charge in [-0.15, -0.1) is 12.6 Å². The molecule has 0 radical (unpaired) electrons. The van der Waals surface area contributed by atoms with E-state index >= 15 is 0 Å². The molecule has 0 spiro atoms. The van der Waals surface area contributed by atoms with E-state index in [0.717, 1.165) is 4.57 Å². The first-order valence-electron chi connectivity index (χ1n) is 4.14. The van der Waals surface area contributed by atoms with Gasteiger partial charge in [-0.1, -0.05) is 0 Å². The van der Waals surface area contributed by atoms with Crippen LogP contribution in [0.15, 0.2) is 20.8 Å². The summed E-state index contributed by atoms with van der Waals surface area (Å²) in [6.07, 6.45) is 1.37. The van der Waals surface area contributed by atoms with Gasteiger partial charge in [-0.05, 0) is 0 Å². The molecule has 0 aliphatic carbocycles. The van der Waals surface area contributed by atoms with Crippen LogP contribution in [0.1, 0.15) is 0 Å². The zero-order valence-corrected chi connectivity index (χ0v) is 9.02. The van der Waals surface area contributed by atoms with Crippen LogP contribution >= 0.6 is 12.6 Å². The normalized spacial score (nSPS) is 10.9. The van der Waals surface area contributed by atoms with Crippen molar-refractivity contribution in [3.63, 3.8) is 0 Å². The van der Waals surface area contributed by atoms with Crippen molar-refractivity contribution in [1.29, 1.82) is 0 Å². The molecule has 15 heavy (non-hydrogen) atoms. The quantitative estimate of drug-likeness (QED) is 0.602. The van der Waals surface area contributed by atoms with Crippen molar-refractivity contribution in [2.24, 2.45) is 14.1 Å². The Bertz CT molecular complexity index is 658. The molecule has 0 aliphatic heterocycles. The van der Waals surface area contributed by atoms with Gasteiger partial charge < -0.3 is 0 Å². The third kappa shape index (κ3) is 1.35. The molecule has 0 bridgehead atoms. The standard InChI is InChI=1S/C8H8N4O2S/c1-11-6-5(9-3-4(15)10-6)7(13)12(2)8(11)14/h3H,1-2H3,(H,10,15). The van der Waals surface area contributed by atoms with Gasteiger partial charge in [-0.3, -0.25) is 13.9 Å². The lowest BCUT2D eigenvalue weighted by Crippen LogP contribution is -2.37. The van der Waals surface area contributed by atoms with Crippen LogP contribution in [0.25, 0.3) is 11.2 Å². The fourth-order valence-corrected chi connectivity index (χ4v) is 1.47. The van der Waals surface area contributed by atoms with Crippen molar-refractivity contribution in [2.45, 2.75) is 5.03 Å². The van der Waals surface area contributed by atoms with Crippen molar-refractivity contribution in [2.75, 3.05) is 0 Å². The van der Waals surface area contributed by atoms with Crippen LogP contribution in [0.4, 0.5) is 0 Å². The van der Waals surface area contributed by atoms with Crippen molar-refractivity contribution in [1.82, 2.24) is 19.1 Å². The molecular formula is C8H8N4O2S. The van der Waals surface area contributed by atoms with Gasteiger partial charge in [0.05, 0.1) is 6.20 Å². The molecule has 0 amide bonds. The summed E-state index contributed by atoms with van der Waals surface area (Å²) in [7, 11) is 2.94. The van der Waals surface area contributed by atoms with Crippen LogP contribution in [0, 0.1) is 0 Å². The fraction of sp³-hybridized carbons (Fsp3) is 0.250. The highest BCUT2D eigenvalue weighted by Gasteiger charge is 2.10. The molecule has 2 aromatic heterocycles. The molecule has 0 saturated carbocycles. The van der Waals surface area contributed by atoms with Gasteiger partial charge in [0.2, 0.25) is 0 Å². The maximum atomic E-state index is 11.6. The average Bonchev–Trinajstić information content (AvgIpc) is 2.23. The molecule has 6 nitrogen and oxygen atoms in total. The van der Waals surface area contributed by atoms with E-state index in [1.165, 1.54) is 24.9 Å². The first kappa shape index (κ1) is 9.91. The Kier molecular flexibility index (Phi) is 2.11. The first-order valence-corrected chi connectivity index (χ1v) is 4.59. The first-order chi connectivity index (χ1) is 7.02. The number of thiol groups is 1. The highest BCUT2D eigenvalue weighted by molar-refractivity contribution is 7.80. The van der Waals surface area contributed by atoms with E-state index in [0.29, 0.717) is 5.03 Å². The Morgan fingerprint density at radius 3 is 2.60 bits per heavy atom. The summed E-state index contributed by atoms with van der Waals surface area (Å²) in [5, 5.41) is 0.366. The number of nitrogens with zero attached hydrogens (tertiary/aromatic N) is 4. The summed E-state index contributed by atoms with van der Waals surface area (Å²) < 4.78 is 2.26. The van der Waals surface area contributed by atoms with Gasteiger partial charge in [-0.2, -0.15) is 0 Å². The Morgan fingerprint density at radius 1 is 1.27 bits per heavy atom. The number of aryl methyl sites for hydroxylation is 1. The lowest BCUT2D eigenvalue weighted by molar-refractivity contribution is 0.701. The van der Waals surface area contributed by atoms with Crippen LogP contribution in [0.5, 0.6) is 0 Å². The molecule has 78 valence electrons. The molecule has 2 rings (SSSR count). The van der Waals surface area contributed by atoms with Crippen molar-refractivity contribution >= 4 is 23.8 Å². The minimum atomic E-state index is -0.450. The second-order valence-corrected chi connectivity index (χ2v) is 3.56. The Labute approximate surface area is 89.6 Å². The van der Waals surface area contributed by atoms with E-state index in [1.807, 2.05) is 0 Å². The predicted octanol–water partition coefficient (Wildman–Crippen LogP) is -0.684. The summed E-state index contributed by atoms with van der Waals surface area (Å²) >= 11 is 4.00. The predicted molar refractivity (Wildman–Crippen MR) is 57.3 cm³/mol. The van der Waals surface area contributed by atoms with E-state index in [1.54, 1.807) is 0 Å². The van der Waals surface area contributed by atoms with E-state index in [4.69, 9.17) is 0 Å². The molecule has 7 heteroatoms. The summed E-state index contributed by atoms with van der Waals surface area (Å²) in [5.74, 6) is 0. The maximum Gasteiger partial charge on any atom is 0.332 e. The molecule has 2 heterocycles. The number of rotatable bonds is 0. The number of aromatic nitrogens is 4. The molecule has 0 saturated heterocycles. The number of hydrogen-bond acceptors (Lipinski definition) is 5. The zero-order chi connectivity index (χ0) is 11.2. The minimum absolute atomic E-state index is 0.164. The molecule has 0 unspecified atom stereocenters. The lowest BCUT2D eigenvalue weighted by Gasteiger charge is -2.05. The van der Waals surface area contributed by atoms with Crippen LogP contribution in [-0.2, 0) is 14.1 Å². The van der Waals surface area contributed by atoms with Crippen molar-refractivity contribution in [3.05, 3.63) is 27.0 Å². The van der Waals surface area contributed by atoms with Crippen LogP contribution < -0.4 is 11.2 Å². The van der Waals surface area contributed by atoms with Crippen LogP contribution in [-0.4, -0.2) is 19.1 Å². The SMILES string of the molecule is Cn1c(=O)c2ncc(S)nc2n(C)c1=O. The smallest absolute Gasteiger partial charge is 0.279 e. The molecule has 2 aromatic rings. The molecule has 0 fully saturated rings. The third-order valence-corrected chi connectivity index (χ3v) is 2.36. The van der Waals surface area contributed by atoms with Gasteiger partial charge in [0.1, 0.15) is 5.03 Å². The van der Waals surface area contributed by atoms with Gasteiger partial charge in [-0.25, -0.2) is 14.8 Å². The number of hydrogen-bond donors (Lipinski definition) is 1. The largest absolute Gasteiger partial charge is 0.332 e. The van der Waals surface area contributed by atoms with Crippen molar-refractivity contribution in [3.8, 4) is 0 Å². The van der Waals surface area contributed by atoms with Gasteiger partial charge in [0.15, 0.2) is 11.2 Å². The summed E-state index contributed by atoms with van der Waals surface area (Å²) in [5.41, 5.74) is -0.470. The molecule has 0 aliphatic rings. The fourth-order valence-electron chi connectivity index (χ4n) is 1.32. The molecular weight excluding hydrogens is 216 g/mol. The third-order valence-electron chi connectivity index (χ3n) is 2.14. The van der Waals surface area contributed by atoms with E-state index in [2.05, 4.69) is 22.6 Å². The second kappa shape index (κ2) is 3.20.